The maximum absolute atomic E-state index is 12.3. The molecule has 0 aromatic carbocycles. The number of unbranched alkanes of at least 4 members (excludes halogenated alkanes) is 2. The Kier molecular flexibility index (Phi) is 13.3. The van der Waals surface area contributed by atoms with Crippen LogP contribution in [0, 0.1) is 23.2 Å². The minimum Gasteiger partial charge on any atom is -0.465 e. The molecule has 1 aromatic rings. The molecule has 1 aliphatic rings. The molecule has 1 N–H and O–H groups in total. The first-order valence-corrected chi connectivity index (χ1v) is 14.0. The number of carbonyl (C=O) groups excluding carboxylic acids is 2. The van der Waals surface area contributed by atoms with E-state index >= 15 is 0 Å². The SMILES string of the molecule is C=C(C)C(=O)OCC(COC(=O)C(C)(C)CO)Cc1ncc(CCC2CCC(CCCCC)CC2)cn1. The Balaban J connectivity index is 1.84. The number of ether oxygens (including phenoxy) is 2. The molecule has 1 heterocycles. The number of aliphatic hydroxyl groups is 1. The molecule has 1 aromatic heterocycles. The van der Waals surface area contributed by atoms with E-state index in [1.807, 2.05) is 12.4 Å². The van der Waals surface area contributed by atoms with E-state index in [9.17, 15) is 14.7 Å². The van der Waals surface area contributed by atoms with E-state index in [-0.39, 0.29) is 25.7 Å². The van der Waals surface area contributed by atoms with Crippen LogP contribution < -0.4 is 0 Å². The van der Waals surface area contributed by atoms with Crippen molar-refractivity contribution in [1.82, 2.24) is 9.97 Å². The standard InChI is InChI=1S/C30H48N2O5/c1-6-7-8-9-23-10-12-24(13-11-23)14-15-25-17-31-27(32-18-25)16-26(19-36-28(34)22(2)3)20-37-29(35)30(4,5)21-33/h17-18,23-24,26,33H,2,6-16,19-21H2,1,3-5H3. The molecule has 7 nitrogen and oxygen atoms in total. The topological polar surface area (TPSA) is 98.6 Å². The summed E-state index contributed by atoms with van der Waals surface area (Å²) in [6.45, 7) is 10.5. The third-order valence-electron chi connectivity index (χ3n) is 7.45. The average molecular weight is 517 g/mol. The van der Waals surface area contributed by atoms with E-state index in [0.717, 1.165) is 23.8 Å². The second kappa shape index (κ2) is 15.9. The van der Waals surface area contributed by atoms with Crippen molar-refractivity contribution in [3.63, 3.8) is 0 Å². The highest BCUT2D eigenvalue weighted by Crippen LogP contribution is 2.34. The van der Waals surface area contributed by atoms with E-state index in [1.165, 1.54) is 57.8 Å². The van der Waals surface area contributed by atoms with Crippen molar-refractivity contribution < 1.29 is 24.2 Å². The van der Waals surface area contributed by atoms with E-state index in [4.69, 9.17) is 9.47 Å². The van der Waals surface area contributed by atoms with Crippen molar-refractivity contribution in [1.29, 1.82) is 0 Å². The van der Waals surface area contributed by atoms with Crippen LogP contribution in [0.5, 0.6) is 0 Å². The van der Waals surface area contributed by atoms with Crippen molar-refractivity contribution in [2.75, 3.05) is 19.8 Å². The summed E-state index contributed by atoms with van der Waals surface area (Å²) < 4.78 is 10.7. The zero-order valence-corrected chi connectivity index (χ0v) is 23.5. The van der Waals surface area contributed by atoms with Crippen LogP contribution in [0.4, 0.5) is 0 Å². The molecule has 1 unspecified atom stereocenters. The van der Waals surface area contributed by atoms with Gasteiger partial charge in [0, 0.05) is 30.3 Å². The fraction of sp³-hybridized carbons (Fsp3) is 0.733. The van der Waals surface area contributed by atoms with Gasteiger partial charge >= 0.3 is 11.9 Å². The summed E-state index contributed by atoms with van der Waals surface area (Å²) in [6, 6.07) is 0. The maximum atomic E-state index is 12.3. The summed E-state index contributed by atoms with van der Waals surface area (Å²) >= 11 is 0. The van der Waals surface area contributed by atoms with Gasteiger partial charge in [-0.15, -0.1) is 0 Å². The molecule has 37 heavy (non-hydrogen) atoms. The summed E-state index contributed by atoms with van der Waals surface area (Å²) in [5.74, 6) is 1.05. The van der Waals surface area contributed by atoms with Crippen LogP contribution in [-0.4, -0.2) is 46.8 Å². The number of esters is 2. The van der Waals surface area contributed by atoms with Gasteiger partial charge < -0.3 is 14.6 Å². The second-order valence-corrected chi connectivity index (χ2v) is 11.5. The monoisotopic (exact) mass is 516 g/mol. The van der Waals surface area contributed by atoms with E-state index in [2.05, 4.69) is 23.5 Å². The molecule has 1 aliphatic carbocycles. The minimum atomic E-state index is -0.995. The maximum Gasteiger partial charge on any atom is 0.333 e. The van der Waals surface area contributed by atoms with Gasteiger partial charge in [-0.2, -0.15) is 0 Å². The Morgan fingerprint density at radius 3 is 2.22 bits per heavy atom. The van der Waals surface area contributed by atoms with Crippen LogP contribution in [0.1, 0.15) is 96.9 Å². The third kappa shape index (κ3) is 11.3. The average Bonchev–Trinajstić information content (AvgIpc) is 2.90. The van der Waals surface area contributed by atoms with Crippen LogP contribution in [0.25, 0.3) is 0 Å². The smallest absolute Gasteiger partial charge is 0.333 e. The van der Waals surface area contributed by atoms with Gasteiger partial charge in [-0.25, -0.2) is 14.8 Å². The number of nitrogens with zero attached hydrogens (tertiary/aromatic N) is 2. The summed E-state index contributed by atoms with van der Waals surface area (Å²) in [5.41, 5.74) is 0.448. The fourth-order valence-corrected chi connectivity index (χ4v) is 4.67. The molecule has 2 rings (SSSR count). The Hall–Kier alpha value is -2.28. The first-order chi connectivity index (χ1) is 17.6. The van der Waals surface area contributed by atoms with Gasteiger partial charge in [-0.1, -0.05) is 64.9 Å². The van der Waals surface area contributed by atoms with Gasteiger partial charge in [0.25, 0.3) is 0 Å². The number of hydrogen-bond acceptors (Lipinski definition) is 7. The largest absolute Gasteiger partial charge is 0.465 e. The number of aryl methyl sites for hydroxylation is 1. The number of aromatic nitrogens is 2. The van der Waals surface area contributed by atoms with Crippen LogP contribution in [0.3, 0.4) is 0 Å². The molecular weight excluding hydrogens is 468 g/mol. The molecule has 0 bridgehead atoms. The van der Waals surface area contributed by atoms with Gasteiger partial charge in [0.2, 0.25) is 0 Å². The lowest BCUT2D eigenvalue weighted by Crippen LogP contribution is -2.33. The Labute approximate surface area is 223 Å². The van der Waals surface area contributed by atoms with Gasteiger partial charge in [0.1, 0.15) is 5.82 Å². The predicted molar refractivity (Wildman–Crippen MR) is 145 cm³/mol. The summed E-state index contributed by atoms with van der Waals surface area (Å²) in [5, 5.41) is 9.41. The zero-order valence-electron chi connectivity index (χ0n) is 23.5. The van der Waals surface area contributed by atoms with Crippen molar-refractivity contribution in [2.24, 2.45) is 23.2 Å². The first-order valence-electron chi connectivity index (χ1n) is 14.0. The molecule has 208 valence electrons. The second-order valence-electron chi connectivity index (χ2n) is 11.5. The number of hydrogen-bond donors (Lipinski definition) is 1. The van der Waals surface area contributed by atoms with Crippen molar-refractivity contribution in [3.05, 3.63) is 35.9 Å². The molecule has 0 amide bonds. The normalized spacial score (nSPS) is 18.7. The van der Waals surface area contributed by atoms with Crippen molar-refractivity contribution >= 4 is 11.9 Å². The molecule has 1 saturated carbocycles. The highest BCUT2D eigenvalue weighted by Gasteiger charge is 2.29. The number of rotatable bonds is 16. The van der Waals surface area contributed by atoms with Crippen molar-refractivity contribution in [2.45, 2.75) is 98.3 Å². The van der Waals surface area contributed by atoms with E-state index in [0.29, 0.717) is 17.8 Å². The van der Waals surface area contributed by atoms with E-state index in [1.54, 1.807) is 20.8 Å². The fourth-order valence-electron chi connectivity index (χ4n) is 4.67. The third-order valence-corrected chi connectivity index (χ3v) is 7.45. The molecule has 1 atom stereocenters. The van der Waals surface area contributed by atoms with Crippen LogP contribution in [-0.2, 0) is 31.9 Å². The van der Waals surface area contributed by atoms with Crippen LogP contribution in [0.2, 0.25) is 0 Å². The summed E-state index contributed by atoms with van der Waals surface area (Å²) in [6.07, 6.45) is 17.2. The molecule has 1 fully saturated rings. The summed E-state index contributed by atoms with van der Waals surface area (Å²) in [4.78, 5) is 33.2. The van der Waals surface area contributed by atoms with E-state index < -0.39 is 17.4 Å². The van der Waals surface area contributed by atoms with Gasteiger partial charge in [0.15, 0.2) is 0 Å². The zero-order chi connectivity index (χ0) is 27.3. The van der Waals surface area contributed by atoms with Gasteiger partial charge in [-0.05, 0) is 51.0 Å². The van der Waals surface area contributed by atoms with Gasteiger partial charge in [-0.3, -0.25) is 4.79 Å². The highest BCUT2D eigenvalue weighted by molar-refractivity contribution is 5.86. The Bertz CT molecular complexity index is 844. The van der Waals surface area contributed by atoms with Gasteiger partial charge in [0.05, 0.1) is 25.2 Å². The van der Waals surface area contributed by atoms with Crippen molar-refractivity contribution in [3.8, 4) is 0 Å². The Morgan fingerprint density at radius 2 is 1.65 bits per heavy atom. The quantitative estimate of drug-likeness (QED) is 0.173. The molecule has 0 spiro atoms. The van der Waals surface area contributed by atoms with Crippen LogP contribution in [0.15, 0.2) is 24.5 Å². The lowest BCUT2D eigenvalue weighted by Gasteiger charge is -2.28. The Morgan fingerprint density at radius 1 is 1.05 bits per heavy atom. The minimum absolute atomic E-state index is 0.0396. The number of carbonyl (C=O) groups is 2. The molecule has 7 heteroatoms. The first kappa shape index (κ1) is 30.9. The molecule has 0 radical (unpaired) electrons. The lowest BCUT2D eigenvalue weighted by atomic mass is 9.78. The summed E-state index contributed by atoms with van der Waals surface area (Å²) in [7, 11) is 0. The molecule has 0 saturated heterocycles. The highest BCUT2D eigenvalue weighted by atomic mass is 16.5. The lowest BCUT2D eigenvalue weighted by molar-refractivity contribution is -0.158. The molecule has 0 aliphatic heterocycles. The molecular formula is C30H48N2O5. The number of aliphatic hydroxyl groups excluding tert-OH is 1. The van der Waals surface area contributed by atoms with Crippen LogP contribution >= 0.6 is 0 Å². The predicted octanol–water partition coefficient (Wildman–Crippen LogP) is 5.64.